The average molecular weight is 312 g/mol. The number of carbonyl (C=O) groups is 1. The first kappa shape index (κ1) is 16.9. The summed E-state index contributed by atoms with van der Waals surface area (Å²) in [6.45, 7) is 2.88. The van der Waals surface area contributed by atoms with E-state index >= 15 is 0 Å². The Labute approximate surface area is 137 Å². The summed E-state index contributed by atoms with van der Waals surface area (Å²) in [7, 11) is 1.62. The minimum Gasteiger partial charge on any atom is -0.497 e. The first-order valence-electron chi connectivity index (χ1n) is 7.93. The number of amides is 2. The Bertz CT molecular complexity index is 597. The van der Waals surface area contributed by atoms with Gasteiger partial charge in [0, 0.05) is 12.2 Å². The third-order valence-corrected chi connectivity index (χ3v) is 3.82. The minimum atomic E-state index is -0.178. The topological polar surface area (TPSA) is 50.4 Å². The third kappa shape index (κ3) is 5.66. The summed E-state index contributed by atoms with van der Waals surface area (Å²) >= 11 is 0. The molecule has 4 heteroatoms. The summed E-state index contributed by atoms with van der Waals surface area (Å²) in [4.78, 5) is 11.8. The number of carbonyl (C=O) groups excluding carboxylic acids is 1. The molecule has 0 bridgehead atoms. The predicted molar refractivity (Wildman–Crippen MR) is 94.1 cm³/mol. The van der Waals surface area contributed by atoms with E-state index in [9.17, 15) is 4.79 Å². The van der Waals surface area contributed by atoms with E-state index in [4.69, 9.17) is 4.74 Å². The van der Waals surface area contributed by atoms with Gasteiger partial charge in [-0.25, -0.2) is 4.79 Å². The quantitative estimate of drug-likeness (QED) is 0.744. The fraction of sp³-hybridized carbons (Fsp3) is 0.316. The molecule has 2 rings (SSSR count). The van der Waals surface area contributed by atoms with E-state index < -0.39 is 0 Å². The summed E-state index contributed by atoms with van der Waals surface area (Å²) in [6.07, 6.45) is 2.00. The molecule has 0 fully saturated rings. The zero-order chi connectivity index (χ0) is 16.5. The molecule has 2 aromatic rings. The molecule has 0 saturated carbocycles. The van der Waals surface area contributed by atoms with Crippen molar-refractivity contribution < 1.29 is 9.53 Å². The Kier molecular flexibility index (Phi) is 6.48. The van der Waals surface area contributed by atoms with Crippen LogP contribution in [0.5, 0.6) is 5.75 Å². The van der Waals surface area contributed by atoms with E-state index in [0.29, 0.717) is 12.5 Å². The van der Waals surface area contributed by atoms with Gasteiger partial charge in [0.15, 0.2) is 0 Å². The molecular weight excluding hydrogens is 288 g/mol. The average Bonchev–Trinajstić information content (AvgIpc) is 2.60. The van der Waals surface area contributed by atoms with Gasteiger partial charge in [0.25, 0.3) is 0 Å². The molecule has 2 N–H and O–H groups in total. The second-order valence-electron chi connectivity index (χ2n) is 5.56. The summed E-state index contributed by atoms with van der Waals surface area (Å²) in [6, 6.07) is 17.5. The molecule has 0 aliphatic carbocycles. The van der Waals surface area contributed by atoms with Gasteiger partial charge in [-0.1, -0.05) is 37.3 Å². The fourth-order valence-corrected chi connectivity index (χ4v) is 2.41. The first-order valence-corrected chi connectivity index (χ1v) is 7.93. The van der Waals surface area contributed by atoms with E-state index in [0.717, 1.165) is 24.3 Å². The lowest BCUT2D eigenvalue weighted by Crippen LogP contribution is -2.29. The molecule has 0 spiro atoms. The van der Waals surface area contributed by atoms with Crippen molar-refractivity contribution >= 4 is 11.7 Å². The van der Waals surface area contributed by atoms with Crippen molar-refractivity contribution in [1.82, 2.24) is 5.32 Å². The van der Waals surface area contributed by atoms with Crippen molar-refractivity contribution in [2.24, 2.45) is 0 Å². The fourth-order valence-electron chi connectivity index (χ4n) is 2.41. The molecule has 23 heavy (non-hydrogen) atoms. The van der Waals surface area contributed by atoms with Gasteiger partial charge >= 0.3 is 6.03 Å². The lowest BCUT2D eigenvalue weighted by molar-refractivity contribution is 0.252. The van der Waals surface area contributed by atoms with Crippen molar-refractivity contribution in [1.29, 1.82) is 0 Å². The third-order valence-electron chi connectivity index (χ3n) is 3.82. The highest BCUT2D eigenvalue weighted by atomic mass is 16.5. The van der Waals surface area contributed by atoms with Crippen LogP contribution in [0.1, 0.15) is 31.2 Å². The number of rotatable bonds is 7. The van der Waals surface area contributed by atoms with Gasteiger partial charge < -0.3 is 15.4 Å². The van der Waals surface area contributed by atoms with Gasteiger partial charge in [-0.2, -0.15) is 0 Å². The van der Waals surface area contributed by atoms with Crippen LogP contribution in [0.15, 0.2) is 54.6 Å². The van der Waals surface area contributed by atoms with Crippen molar-refractivity contribution in [2.45, 2.75) is 25.7 Å². The van der Waals surface area contributed by atoms with E-state index in [1.165, 1.54) is 5.56 Å². The molecule has 2 aromatic carbocycles. The highest BCUT2D eigenvalue weighted by molar-refractivity contribution is 5.89. The minimum absolute atomic E-state index is 0.178. The van der Waals surface area contributed by atoms with Gasteiger partial charge in [-0.05, 0) is 48.6 Å². The van der Waals surface area contributed by atoms with Crippen molar-refractivity contribution in [2.75, 3.05) is 19.0 Å². The summed E-state index contributed by atoms with van der Waals surface area (Å²) in [5, 5.41) is 5.69. The maximum Gasteiger partial charge on any atom is 0.319 e. The first-order chi connectivity index (χ1) is 11.2. The number of anilines is 1. The lowest BCUT2D eigenvalue weighted by Gasteiger charge is -2.12. The summed E-state index contributed by atoms with van der Waals surface area (Å²) in [5.41, 5.74) is 2.09. The van der Waals surface area contributed by atoms with Crippen molar-refractivity contribution in [3.63, 3.8) is 0 Å². The number of hydrogen-bond acceptors (Lipinski definition) is 2. The maximum absolute atomic E-state index is 11.8. The number of nitrogens with one attached hydrogen (secondary N) is 2. The van der Waals surface area contributed by atoms with Gasteiger partial charge in [0.2, 0.25) is 0 Å². The Balaban J connectivity index is 1.66. The van der Waals surface area contributed by atoms with Crippen LogP contribution >= 0.6 is 0 Å². The molecule has 0 aromatic heterocycles. The van der Waals surface area contributed by atoms with Crippen LogP contribution in [-0.4, -0.2) is 19.7 Å². The molecular formula is C19H24N2O2. The Morgan fingerprint density at radius 3 is 2.43 bits per heavy atom. The van der Waals surface area contributed by atoms with E-state index in [2.05, 4.69) is 41.8 Å². The molecule has 0 heterocycles. The van der Waals surface area contributed by atoms with Crippen LogP contribution < -0.4 is 15.4 Å². The van der Waals surface area contributed by atoms with Crippen LogP contribution in [0, 0.1) is 0 Å². The van der Waals surface area contributed by atoms with Crippen LogP contribution in [0.2, 0.25) is 0 Å². The predicted octanol–water partition coefficient (Wildman–Crippen LogP) is 4.40. The summed E-state index contributed by atoms with van der Waals surface area (Å²) < 4.78 is 5.08. The molecule has 0 saturated heterocycles. The number of ether oxygens (including phenoxy) is 1. The monoisotopic (exact) mass is 312 g/mol. The van der Waals surface area contributed by atoms with E-state index in [1.54, 1.807) is 7.11 Å². The Hall–Kier alpha value is -2.49. The molecule has 122 valence electrons. The maximum atomic E-state index is 11.8. The van der Waals surface area contributed by atoms with E-state index in [1.807, 2.05) is 30.3 Å². The molecule has 0 aliphatic heterocycles. The normalized spacial score (nSPS) is 11.6. The Morgan fingerprint density at radius 1 is 1.09 bits per heavy atom. The highest BCUT2D eigenvalue weighted by Gasteiger charge is 2.05. The largest absolute Gasteiger partial charge is 0.497 e. The molecule has 0 aliphatic rings. The second kappa shape index (κ2) is 8.83. The number of hydrogen-bond donors (Lipinski definition) is 2. The molecule has 0 radical (unpaired) electrons. The zero-order valence-electron chi connectivity index (χ0n) is 13.7. The van der Waals surface area contributed by atoms with Crippen molar-refractivity contribution in [3.8, 4) is 5.75 Å². The van der Waals surface area contributed by atoms with Gasteiger partial charge in [-0.3, -0.25) is 0 Å². The standard InChI is InChI=1S/C19H24N2O2/c1-15(16-8-4-3-5-9-16)7-6-14-20-19(22)21-17-10-12-18(23-2)13-11-17/h3-5,8-13,15H,6-7,14H2,1-2H3,(H2,20,21,22). The zero-order valence-corrected chi connectivity index (χ0v) is 13.7. The Morgan fingerprint density at radius 2 is 1.78 bits per heavy atom. The van der Waals surface area contributed by atoms with Crippen LogP contribution in [-0.2, 0) is 0 Å². The molecule has 1 unspecified atom stereocenters. The summed E-state index contributed by atoms with van der Waals surface area (Å²) in [5.74, 6) is 1.27. The van der Waals surface area contributed by atoms with E-state index in [-0.39, 0.29) is 6.03 Å². The molecule has 1 atom stereocenters. The number of urea groups is 1. The number of methoxy groups -OCH3 is 1. The van der Waals surface area contributed by atoms with Crippen LogP contribution in [0.4, 0.5) is 10.5 Å². The van der Waals surface area contributed by atoms with Crippen LogP contribution in [0.3, 0.4) is 0 Å². The second-order valence-corrected chi connectivity index (χ2v) is 5.56. The van der Waals surface area contributed by atoms with Crippen LogP contribution in [0.25, 0.3) is 0 Å². The van der Waals surface area contributed by atoms with Gasteiger partial charge in [0.05, 0.1) is 7.11 Å². The molecule has 4 nitrogen and oxygen atoms in total. The number of benzene rings is 2. The lowest BCUT2D eigenvalue weighted by atomic mass is 9.96. The van der Waals surface area contributed by atoms with Crippen molar-refractivity contribution in [3.05, 3.63) is 60.2 Å². The SMILES string of the molecule is COc1ccc(NC(=O)NCCCC(C)c2ccccc2)cc1. The van der Waals surface area contributed by atoms with Gasteiger partial charge in [0.1, 0.15) is 5.75 Å². The highest BCUT2D eigenvalue weighted by Crippen LogP contribution is 2.19. The smallest absolute Gasteiger partial charge is 0.319 e. The van der Waals surface area contributed by atoms with Gasteiger partial charge in [-0.15, -0.1) is 0 Å². The molecule has 2 amide bonds.